The summed E-state index contributed by atoms with van der Waals surface area (Å²) < 4.78 is 50.6. The van der Waals surface area contributed by atoms with Gasteiger partial charge in [-0.3, -0.25) is 14.4 Å². The molecule has 0 bridgehead atoms. The molecule has 0 spiro atoms. The van der Waals surface area contributed by atoms with Gasteiger partial charge in [0.1, 0.15) is 10.1 Å². The van der Waals surface area contributed by atoms with E-state index in [0.29, 0.717) is 19.3 Å². The second-order valence-electron chi connectivity index (χ2n) is 8.83. The fraction of sp³-hybridized carbons (Fsp3) is 0.857. The van der Waals surface area contributed by atoms with Gasteiger partial charge in [0.2, 0.25) is 0 Å². The summed E-state index contributed by atoms with van der Waals surface area (Å²) in [4.78, 5) is 37.2. The van der Waals surface area contributed by atoms with E-state index >= 15 is 0 Å². The second kappa shape index (κ2) is 14.4. The first kappa shape index (κ1) is 29.3. The molecule has 2 atom stereocenters. The zero-order valence-corrected chi connectivity index (χ0v) is 20.2. The first-order valence-corrected chi connectivity index (χ1v) is 12.2. The molecule has 0 fully saturated rings. The molecule has 0 aliphatic rings. The maximum Gasteiger partial charge on any atom is 0.324 e. The predicted octanol–water partition coefficient (Wildman–Crippen LogP) is 2.67. The quantitative estimate of drug-likeness (QED) is 0.203. The summed E-state index contributed by atoms with van der Waals surface area (Å²) in [6.07, 6.45) is 0.725. The SMILES string of the molecule is CC(C)CCOC(=O)CC(C(=O)OCCC(C)C)C(C(=O)OCCC(C)C)S(=O)(=O)[O-]. The van der Waals surface area contributed by atoms with Crippen LogP contribution in [-0.4, -0.2) is 55.9 Å². The Labute approximate surface area is 185 Å². The standard InChI is InChI=1S/C21H38O9S/c1-14(2)7-10-28-18(22)13-17(20(23)29-11-8-15(3)4)19(31(25,26)27)21(24)30-12-9-16(5)6/h14-17,19H,7-13H2,1-6H3,(H,25,26,27)/p-1. The van der Waals surface area contributed by atoms with Gasteiger partial charge in [0.05, 0.1) is 32.2 Å². The van der Waals surface area contributed by atoms with Gasteiger partial charge in [-0.25, -0.2) is 8.42 Å². The van der Waals surface area contributed by atoms with E-state index in [2.05, 4.69) is 0 Å². The molecule has 0 radical (unpaired) electrons. The largest absolute Gasteiger partial charge is 0.747 e. The van der Waals surface area contributed by atoms with Gasteiger partial charge in [-0.2, -0.15) is 0 Å². The average molecular weight is 466 g/mol. The van der Waals surface area contributed by atoms with Crippen molar-refractivity contribution in [2.24, 2.45) is 23.7 Å². The molecule has 0 aliphatic heterocycles. The second-order valence-corrected chi connectivity index (χ2v) is 10.3. The van der Waals surface area contributed by atoms with Crippen molar-refractivity contribution in [1.29, 1.82) is 0 Å². The highest BCUT2D eigenvalue weighted by atomic mass is 32.2. The molecule has 0 N–H and O–H groups in total. The van der Waals surface area contributed by atoms with Crippen LogP contribution < -0.4 is 0 Å². The highest BCUT2D eigenvalue weighted by Gasteiger charge is 2.42. The predicted molar refractivity (Wildman–Crippen MR) is 113 cm³/mol. The van der Waals surface area contributed by atoms with Crippen LogP contribution in [0.15, 0.2) is 0 Å². The molecule has 0 aliphatic carbocycles. The zero-order valence-electron chi connectivity index (χ0n) is 19.4. The van der Waals surface area contributed by atoms with E-state index in [-0.39, 0.29) is 37.6 Å². The lowest BCUT2D eigenvalue weighted by atomic mass is 10.0. The summed E-state index contributed by atoms with van der Waals surface area (Å²) in [7, 11) is -5.31. The fourth-order valence-corrected chi connectivity index (χ4v) is 3.34. The summed E-state index contributed by atoms with van der Waals surface area (Å²) in [5.74, 6) is -4.59. The molecule has 0 saturated carbocycles. The summed E-state index contributed by atoms with van der Waals surface area (Å²) in [6.45, 7) is 11.3. The average Bonchev–Trinajstić information content (AvgIpc) is 2.58. The monoisotopic (exact) mass is 465 g/mol. The molecule has 0 aromatic carbocycles. The number of carbonyl (C=O) groups is 3. The van der Waals surface area contributed by atoms with Crippen LogP contribution in [0.3, 0.4) is 0 Å². The molecule has 0 amide bonds. The minimum absolute atomic E-state index is 0.0383. The van der Waals surface area contributed by atoms with Gasteiger partial charge in [0.25, 0.3) is 0 Å². The first-order chi connectivity index (χ1) is 14.3. The topological polar surface area (TPSA) is 136 Å². The Balaban J connectivity index is 5.54. The van der Waals surface area contributed by atoms with Crippen LogP contribution in [-0.2, 0) is 38.7 Å². The van der Waals surface area contributed by atoms with Crippen LogP contribution in [0, 0.1) is 23.7 Å². The van der Waals surface area contributed by atoms with Crippen LogP contribution in [0.2, 0.25) is 0 Å². The van der Waals surface area contributed by atoms with E-state index in [9.17, 15) is 27.4 Å². The molecule has 10 heteroatoms. The van der Waals surface area contributed by atoms with Gasteiger partial charge in [-0.05, 0) is 37.0 Å². The van der Waals surface area contributed by atoms with Gasteiger partial charge in [-0.1, -0.05) is 41.5 Å². The summed E-state index contributed by atoms with van der Waals surface area (Å²) in [5, 5.41) is -2.39. The van der Waals surface area contributed by atoms with Crippen molar-refractivity contribution >= 4 is 28.0 Å². The van der Waals surface area contributed by atoms with Crippen LogP contribution in [0.1, 0.15) is 67.2 Å². The van der Waals surface area contributed by atoms with Crippen LogP contribution in [0.25, 0.3) is 0 Å². The Morgan fingerprint density at radius 1 is 0.710 bits per heavy atom. The highest BCUT2D eigenvalue weighted by molar-refractivity contribution is 7.87. The van der Waals surface area contributed by atoms with Crippen molar-refractivity contribution in [3.05, 3.63) is 0 Å². The van der Waals surface area contributed by atoms with Gasteiger partial charge in [0.15, 0.2) is 5.25 Å². The molecule has 0 rings (SSSR count). The van der Waals surface area contributed by atoms with E-state index in [1.165, 1.54) is 0 Å². The molecule has 0 aromatic heterocycles. The third kappa shape index (κ3) is 13.4. The minimum Gasteiger partial charge on any atom is -0.747 e. The van der Waals surface area contributed by atoms with E-state index < -0.39 is 45.6 Å². The smallest absolute Gasteiger partial charge is 0.324 e. The van der Waals surface area contributed by atoms with Crippen molar-refractivity contribution in [1.82, 2.24) is 0 Å². The first-order valence-electron chi connectivity index (χ1n) is 10.7. The summed E-state index contributed by atoms with van der Waals surface area (Å²) in [5.41, 5.74) is 0. The van der Waals surface area contributed by atoms with Crippen molar-refractivity contribution in [3.63, 3.8) is 0 Å². The zero-order chi connectivity index (χ0) is 24.2. The van der Waals surface area contributed by atoms with Gasteiger partial charge in [-0.15, -0.1) is 0 Å². The Bertz CT molecular complexity index is 668. The lowest BCUT2D eigenvalue weighted by Crippen LogP contribution is -2.44. The highest BCUT2D eigenvalue weighted by Crippen LogP contribution is 2.22. The third-order valence-corrected chi connectivity index (χ3v) is 5.58. The molecule has 0 aromatic rings. The Kier molecular flexibility index (Phi) is 13.6. The molecule has 182 valence electrons. The fourth-order valence-electron chi connectivity index (χ4n) is 2.42. The number of rotatable bonds is 15. The van der Waals surface area contributed by atoms with Crippen LogP contribution in [0.5, 0.6) is 0 Å². The van der Waals surface area contributed by atoms with Crippen molar-refractivity contribution in [2.75, 3.05) is 19.8 Å². The van der Waals surface area contributed by atoms with Crippen LogP contribution in [0.4, 0.5) is 0 Å². The molecule has 0 heterocycles. The molecule has 0 saturated heterocycles. The van der Waals surface area contributed by atoms with Gasteiger partial charge in [0, 0.05) is 0 Å². The number of ether oxygens (including phenoxy) is 3. The van der Waals surface area contributed by atoms with E-state index in [0.717, 1.165) is 0 Å². The lowest BCUT2D eigenvalue weighted by Gasteiger charge is -2.26. The number of carbonyl (C=O) groups excluding carboxylic acids is 3. The van der Waals surface area contributed by atoms with Crippen molar-refractivity contribution in [3.8, 4) is 0 Å². The minimum atomic E-state index is -5.31. The molecular formula is C21H37O9S-. The Morgan fingerprint density at radius 3 is 1.48 bits per heavy atom. The lowest BCUT2D eigenvalue weighted by molar-refractivity contribution is -0.159. The van der Waals surface area contributed by atoms with Gasteiger partial charge >= 0.3 is 17.9 Å². The molecular weight excluding hydrogens is 428 g/mol. The maximum absolute atomic E-state index is 12.6. The number of esters is 3. The van der Waals surface area contributed by atoms with E-state index in [1.54, 1.807) is 0 Å². The third-order valence-electron chi connectivity index (χ3n) is 4.44. The van der Waals surface area contributed by atoms with E-state index in [1.807, 2.05) is 41.5 Å². The molecule has 9 nitrogen and oxygen atoms in total. The van der Waals surface area contributed by atoms with Crippen LogP contribution >= 0.6 is 0 Å². The molecule has 2 unspecified atom stereocenters. The summed E-state index contributed by atoms with van der Waals surface area (Å²) >= 11 is 0. The van der Waals surface area contributed by atoms with Crippen molar-refractivity contribution in [2.45, 2.75) is 72.5 Å². The maximum atomic E-state index is 12.6. The Hall–Kier alpha value is -1.68. The Morgan fingerprint density at radius 2 is 1.10 bits per heavy atom. The normalized spacial score (nSPS) is 13.9. The number of hydrogen-bond acceptors (Lipinski definition) is 9. The van der Waals surface area contributed by atoms with Gasteiger partial charge < -0.3 is 18.8 Å². The summed E-state index contributed by atoms with van der Waals surface area (Å²) in [6, 6.07) is 0. The number of hydrogen-bond donors (Lipinski definition) is 0. The van der Waals surface area contributed by atoms with E-state index in [4.69, 9.17) is 14.2 Å². The molecule has 31 heavy (non-hydrogen) atoms. The van der Waals surface area contributed by atoms with Crippen molar-refractivity contribution < 1.29 is 41.6 Å².